The van der Waals surface area contributed by atoms with Gasteiger partial charge in [0.05, 0.1) is 5.69 Å². The zero-order valence-corrected chi connectivity index (χ0v) is 10.1. The lowest BCUT2D eigenvalue weighted by molar-refractivity contribution is 0.470. The Morgan fingerprint density at radius 2 is 1.83 bits per heavy atom. The highest BCUT2D eigenvalue weighted by atomic mass is 15.5. The molecule has 1 aromatic heterocycles. The zero-order chi connectivity index (χ0) is 12.2. The van der Waals surface area contributed by atoms with Gasteiger partial charge < -0.3 is 4.90 Å². The molecule has 1 fully saturated rings. The largest absolute Gasteiger partial charge is 0.377 e. The van der Waals surface area contributed by atoms with Crippen molar-refractivity contribution in [2.45, 2.75) is 12.8 Å². The molecule has 1 aromatic carbocycles. The zero-order valence-electron chi connectivity index (χ0n) is 10.1. The Hall–Kier alpha value is -2.17. The van der Waals surface area contributed by atoms with E-state index in [1.165, 1.54) is 12.8 Å². The topological polar surface area (TPSA) is 46.8 Å². The van der Waals surface area contributed by atoms with Crippen LogP contribution in [-0.2, 0) is 0 Å². The van der Waals surface area contributed by atoms with E-state index in [1.807, 2.05) is 36.4 Å². The Morgan fingerprint density at radius 1 is 1.06 bits per heavy atom. The number of aromatic nitrogens is 4. The lowest BCUT2D eigenvalue weighted by Crippen LogP contribution is -2.10. The number of para-hydroxylation sites is 1. The first-order valence-electron chi connectivity index (χ1n) is 6.19. The summed E-state index contributed by atoms with van der Waals surface area (Å²) in [6.07, 6.45) is 6.60. The second kappa shape index (κ2) is 5.00. The number of likely N-dealkylation sites (tertiary alicyclic amines) is 1. The van der Waals surface area contributed by atoms with Gasteiger partial charge in [-0.05, 0) is 35.4 Å². The molecule has 1 saturated heterocycles. The molecule has 5 nitrogen and oxygen atoms in total. The van der Waals surface area contributed by atoms with Gasteiger partial charge in [0.2, 0.25) is 0 Å². The molecule has 3 rings (SSSR count). The first kappa shape index (κ1) is 11.0. The average molecular weight is 241 g/mol. The fourth-order valence-corrected chi connectivity index (χ4v) is 2.11. The van der Waals surface area contributed by atoms with Crippen molar-refractivity contribution in [3.63, 3.8) is 0 Å². The molecular formula is C13H15N5. The van der Waals surface area contributed by atoms with Crippen molar-refractivity contribution < 1.29 is 0 Å². The van der Waals surface area contributed by atoms with Gasteiger partial charge in [-0.15, -0.1) is 5.10 Å². The summed E-state index contributed by atoms with van der Waals surface area (Å²) in [6, 6.07) is 9.91. The Bertz CT molecular complexity index is 525. The lowest BCUT2D eigenvalue weighted by atomic mass is 10.3. The first-order chi connectivity index (χ1) is 8.93. The van der Waals surface area contributed by atoms with Gasteiger partial charge in [-0.3, -0.25) is 0 Å². The van der Waals surface area contributed by atoms with Crippen LogP contribution in [0.2, 0.25) is 0 Å². The third kappa shape index (κ3) is 2.25. The third-order valence-electron chi connectivity index (χ3n) is 3.07. The molecule has 0 aliphatic carbocycles. The van der Waals surface area contributed by atoms with Crippen LogP contribution in [-0.4, -0.2) is 38.2 Å². The number of nitrogens with zero attached hydrogens (tertiary/aromatic N) is 5. The standard InChI is InChI=1S/C13H15N5/c1-2-6-12(7-3-1)18-13(14-15-16-18)8-11-17-9-4-5-10-17/h1-3,6-8,11H,4-5,9-10H2. The van der Waals surface area contributed by atoms with E-state index < -0.39 is 0 Å². The van der Waals surface area contributed by atoms with Crippen LogP contribution in [0.15, 0.2) is 36.5 Å². The quantitative estimate of drug-likeness (QED) is 0.821. The van der Waals surface area contributed by atoms with Crippen molar-refractivity contribution in [3.05, 3.63) is 42.4 Å². The van der Waals surface area contributed by atoms with E-state index in [9.17, 15) is 0 Å². The summed E-state index contributed by atoms with van der Waals surface area (Å²) in [5.41, 5.74) is 0.976. The molecule has 0 unspecified atom stereocenters. The van der Waals surface area contributed by atoms with Gasteiger partial charge in [0.1, 0.15) is 0 Å². The smallest absolute Gasteiger partial charge is 0.181 e. The molecule has 0 spiro atoms. The molecule has 0 bridgehead atoms. The molecule has 1 aliphatic heterocycles. The number of hydrogen-bond acceptors (Lipinski definition) is 4. The fourth-order valence-electron chi connectivity index (χ4n) is 2.11. The minimum absolute atomic E-state index is 0.758. The molecule has 0 saturated carbocycles. The maximum atomic E-state index is 4.04. The maximum Gasteiger partial charge on any atom is 0.181 e. The van der Waals surface area contributed by atoms with Crippen LogP contribution in [0.5, 0.6) is 0 Å². The van der Waals surface area contributed by atoms with Gasteiger partial charge in [-0.25, -0.2) is 0 Å². The van der Waals surface area contributed by atoms with Gasteiger partial charge >= 0.3 is 0 Å². The highest BCUT2D eigenvalue weighted by Gasteiger charge is 2.08. The van der Waals surface area contributed by atoms with E-state index >= 15 is 0 Å². The van der Waals surface area contributed by atoms with Gasteiger partial charge in [-0.1, -0.05) is 18.2 Å². The summed E-state index contributed by atoms with van der Waals surface area (Å²) in [6.45, 7) is 2.26. The van der Waals surface area contributed by atoms with Crippen LogP contribution in [0.4, 0.5) is 0 Å². The molecule has 18 heavy (non-hydrogen) atoms. The number of hydrogen-bond donors (Lipinski definition) is 0. The molecule has 0 radical (unpaired) electrons. The molecule has 1 aliphatic rings. The van der Waals surface area contributed by atoms with Crippen molar-refractivity contribution in [2.24, 2.45) is 0 Å². The van der Waals surface area contributed by atoms with Crippen molar-refractivity contribution in [2.75, 3.05) is 13.1 Å². The van der Waals surface area contributed by atoms with Crippen molar-refractivity contribution in [3.8, 4) is 5.69 Å². The summed E-state index contributed by atoms with van der Waals surface area (Å²) in [5, 5.41) is 11.8. The number of tetrazole rings is 1. The van der Waals surface area contributed by atoms with Gasteiger partial charge in [-0.2, -0.15) is 4.68 Å². The second-order valence-electron chi connectivity index (χ2n) is 4.34. The lowest BCUT2D eigenvalue weighted by Gasteiger charge is -2.09. The Morgan fingerprint density at radius 3 is 2.61 bits per heavy atom. The van der Waals surface area contributed by atoms with E-state index in [0.29, 0.717) is 0 Å². The highest BCUT2D eigenvalue weighted by molar-refractivity contribution is 5.43. The predicted molar refractivity (Wildman–Crippen MR) is 69.0 cm³/mol. The maximum absolute atomic E-state index is 4.04. The fraction of sp³-hybridized carbons (Fsp3) is 0.308. The molecule has 92 valence electrons. The van der Waals surface area contributed by atoms with E-state index in [1.54, 1.807) is 4.68 Å². The van der Waals surface area contributed by atoms with Crippen LogP contribution in [0, 0.1) is 0 Å². The monoisotopic (exact) mass is 241 g/mol. The third-order valence-corrected chi connectivity index (χ3v) is 3.07. The Labute approximate surface area is 106 Å². The minimum Gasteiger partial charge on any atom is -0.377 e. The van der Waals surface area contributed by atoms with Crippen LogP contribution in [0.1, 0.15) is 18.7 Å². The summed E-state index contributed by atoms with van der Waals surface area (Å²) in [5.74, 6) is 0.758. The van der Waals surface area contributed by atoms with Crippen molar-refractivity contribution in [1.29, 1.82) is 0 Å². The van der Waals surface area contributed by atoms with Crippen LogP contribution in [0.25, 0.3) is 11.8 Å². The normalized spacial score (nSPS) is 15.7. The van der Waals surface area contributed by atoms with Gasteiger partial charge in [0.15, 0.2) is 5.82 Å². The minimum atomic E-state index is 0.758. The van der Waals surface area contributed by atoms with E-state index in [2.05, 4.69) is 26.6 Å². The van der Waals surface area contributed by atoms with Gasteiger partial charge in [0.25, 0.3) is 0 Å². The first-order valence-corrected chi connectivity index (χ1v) is 6.19. The molecule has 0 atom stereocenters. The van der Waals surface area contributed by atoms with Crippen LogP contribution >= 0.6 is 0 Å². The summed E-state index contributed by atoms with van der Waals surface area (Å²) in [4.78, 5) is 2.30. The average Bonchev–Trinajstić information content (AvgIpc) is 3.09. The summed E-state index contributed by atoms with van der Waals surface area (Å²) in [7, 11) is 0. The van der Waals surface area contributed by atoms with Gasteiger partial charge in [0, 0.05) is 25.4 Å². The highest BCUT2D eigenvalue weighted by Crippen LogP contribution is 2.11. The van der Waals surface area contributed by atoms with Crippen molar-refractivity contribution >= 4 is 6.08 Å². The van der Waals surface area contributed by atoms with E-state index in [4.69, 9.17) is 0 Å². The van der Waals surface area contributed by atoms with Crippen LogP contribution in [0.3, 0.4) is 0 Å². The van der Waals surface area contributed by atoms with E-state index in [0.717, 1.165) is 24.6 Å². The molecular weight excluding hydrogens is 226 g/mol. The predicted octanol–water partition coefficient (Wildman–Crippen LogP) is 1.73. The summed E-state index contributed by atoms with van der Waals surface area (Å²) < 4.78 is 1.74. The number of rotatable bonds is 3. The Balaban J connectivity index is 1.83. The van der Waals surface area contributed by atoms with Crippen LogP contribution < -0.4 is 0 Å². The molecule has 0 N–H and O–H groups in total. The number of benzene rings is 1. The molecule has 2 heterocycles. The van der Waals surface area contributed by atoms with Crippen molar-refractivity contribution in [1.82, 2.24) is 25.1 Å². The Kier molecular flexibility index (Phi) is 3.04. The second-order valence-corrected chi connectivity index (χ2v) is 4.34. The summed E-state index contributed by atoms with van der Waals surface area (Å²) >= 11 is 0. The molecule has 0 amide bonds. The molecule has 2 aromatic rings. The molecule has 5 heteroatoms. The van der Waals surface area contributed by atoms with E-state index in [-0.39, 0.29) is 0 Å². The SMILES string of the molecule is C(=CN1CCCC1)c1nnnn1-c1ccccc1.